The van der Waals surface area contributed by atoms with Gasteiger partial charge in [-0.3, -0.25) is 19.1 Å². The van der Waals surface area contributed by atoms with Crippen LogP contribution in [0.5, 0.6) is 0 Å². The normalized spacial score (nSPS) is 10.3. The summed E-state index contributed by atoms with van der Waals surface area (Å²) in [5, 5.41) is 2.68. The van der Waals surface area contributed by atoms with Crippen LogP contribution < -0.4 is 10.9 Å². The molecule has 0 aromatic carbocycles. The highest BCUT2D eigenvalue weighted by Gasteiger charge is 2.06. The maximum absolute atomic E-state index is 11.9. The van der Waals surface area contributed by atoms with Crippen LogP contribution in [0.1, 0.15) is 25.5 Å². The Morgan fingerprint density at radius 3 is 2.95 bits per heavy atom. The summed E-state index contributed by atoms with van der Waals surface area (Å²) in [6.07, 6.45) is 7.44. The van der Waals surface area contributed by atoms with E-state index in [0.29, 0.717) is 5.69 Å². The predicted molar refractivity (Wildman–Crippen MR) is 80.0 cm³/mol. The van der Waals surface area contributed by atoms with Gasteiger partial charge in [0.15, 0.2) is 0 Å². The number of unbranched alkanes of at least 4 members (excludes halogenated alkanes) is 1. The van der Waals surface area contributed by atoms with Crippen molar-refractivity contribution in [1.82, 2.24) is 14.5 Å². The summed E-state index contributed by atoms with van der Waals surface area (Å²) in [7, 11) is 0. The lowest BCUT2D eigenvalue weighted by Crippen LogP contribution is -2.27. The van der Waals surface area contributed by atoms with E-state index in [4.69, 9.17) is 0 Å². The zero-order valence-corrected chi connectivity index (χ0v) is 12.0. The van der Waals surface area contributed by atoms with Gasteiger partial charge in [-0.1, -0.05) is 13.3 Å². The van der Waals surface area contributed by atoms with Crippen molar-refractivity contribution in [1.29, 1.82) is 0 Å². The van der Waals surface area contributed by atoms with Gasteiger partial charge in [-0.25, -0.2) is 4.98 Å². The minimum atomic E-state index is -0.284. The third-order valence-electron chi connectivity index (χ3n) is 2.98. The summed E-state index contributed by atoms with van der Waals surface area (Å²) in [4.78, 5) is 31.9. The average Bonchev–Trinajstić information content (AvgIpc) is 2.48. The molecule has 0 unspecified atom stereocenters. The van der Waals surface area contributed by atoms with Gasteiger partial charge >= 0.3 is 0 Å². The molecule has 2 heterocycles. The van der Waals surface area contributed by atoms with Gasteiger partial charge in [0.1, 0.15) is 6.54 Å². The van der Waals surface area contributed by atoms with Gasteiger partial charge in [-0.2, -0.15) is 0 Å². The second kappa shape index (κ2) is 7.33. The molecule has 0 atom stereocenters. The van der Waals surface area contributed by atoms with Crippen LogP contribution in [-0.2, 0) is 17.8 Å². The first-order valence-corrected chi connectivity index (χ1v) is 6.94. The number of nitrogens with one attached hydrogen (secondary N) is 1. The van der Waals surface area contributed by atoms with E-state index >= 15 is 0 Å². The molecule has 0 aliphatic heterocycles. The van der Waals surface area contributed by atoms with Crippen LogP contribution in [0, 0.1) is 0 Å². The van der Waals surface area contributed by atoms with Gasteiger partial charge < -0.3 is 5.32 Å². The monoisotopic (exact) mass is 286 g/mol. The van der Waals surface area contributed by atoms with Crippen molar-refractivity contribution in [3.8, 4) is 0 Å². The van der Waals surface area contributed by atoms with E-state index in [1.807, 2.05) is 0 Å². The minimum absolute atomic E-state index is 0.0607. The predicted octanol–water partition coefficient (Wildman–Crippen LogP) is 1.62. The minimum Gasteiger partial charge on any atom is -0.323 e. The number of hydrogen-bond donors (Lipinski definition) is 1. The van der Waals surface area contributed by atoms with Crippen molar-refractivity contribution in [3.05, 3.63) is 53.0 Å². The molecular weight excluding hydrogens is 268 g/mol. The molecule has 1 amide bonds. The van der Waals surface area contributed by atoms with E-state index in [0.717, 1.165) is 25.0 Å². The number of hydrogen-bond acceptors (Lipinski definition) is 4. The number of aryl methyl sites for hydroxylation is 1. The Kier molecular flexibility index (Phi) is 5.20. The van der Waals surface area contributed by atoms with Gasteiger partial charge in [0.05, 0.1) is 18.2 Å². The molecule has 110 valence electrons. The highest BCUT2D eigenvalue weighted by Crippen LogP contribution is 2.02. The molecule has 0 radical (unpaired) electrons. The molecule has 0 spiro atoms. The quantitative estimate of drug-likeness (QED) is 0.875. The van der Waals surface area contributed by atoms with Gasteiger partial charge in [0.25, 0.3) is 5.56 Å². The molecule has 1 N–H and O–H groups in total. The van der Waals surface area contributed by atoms with E-state index in [-0.39, 0.29) is 18.0 Å². The Labute approximate surface area is 122 Å². The van der Waals surface area contributed by atoms with Crippen molar-refractivity contribution in [3.63, 3.8) is 0 Å². The smallest absolute Gasteiger partial charge is 0.253 e. The van der Waals surface area contributed by atoms with E-state index in [1.165, 1.54) is 17.0 Å². The molecular formula is C15H18N4O2. The topological polar surface area (TPSA) is 76.9 Å². The van der Waals surface area contributed by atoms with E-state index in [9.17, 15) is 9.59 Å². The second-order valence-corrected chi connectivity index (χ2v) is 4.74. The van der Waals surface area contributed by atoms with Crippen LogP contribution in [0.15, 0.2) is 41.7 Å². The maximum Gasteiger partial charge on any atom is 0.253 e. The zero-order chi connectivity index (χ0) is 15.1. The van der Waals surface area contributed by atoms with Gasteiger partial charge in [-0.05, 0) is 25.0 Å². The third kappa shape index (κ3) is 4.52. The fraction of sp³-hybridized carbons (Fsp3) is 0.333. The fourth-order valence-corrected chi connectivity index (χ4v) is 1.87. The van der Waals surface area contributed by atoms with Crippen LogP contribution >= 0.6 is 0 Å². The molecule has 0 aliphatic rings. The van der Waals surface area contributed by atoms with Crippen LogP contribution in [-0.4, -0.2) is 20.4 Å². The van der Waals surface area contributed by atoms with Crippen LogP contribution in [0.25, 0.3) is 0 Å². The van der Waals surface area contributed by atoms with Crippen molar-refractivity contribution in [2.45, 2.75) is 32.7 Å². The second-order valence-electron chi connectivity index (χ2n) is 4.74. The molecule has 6 heteroatoms. The SMILES string of the molecule is CCCCc1cc(=O)n(CC(=O)Nc2cccnc2)cn1. The summed E-state index contributed by atoms with van der Waals surface area (Å²) in [6.45, 7) is 2.03. The molecule has 21 heavy (non-hydrogen) atoms. The van der Waals surface area contributed by atoms with Crippen molar-refractivity contribution in [2.24, 2.45) is 0 Å². The number of carbonyl (C=O) groups is 1. The Hall–Kier alpha value is -2.50. The van der Waals surface area contributed by atoms with Crippen molar-refractivity contribution in [2.75, 3.05) is 5.32 Å². The molecule has 2 aromatic rings. The number of rotatable bonds is 6. The molecule has 0 saturated heterocycles. The number of pyridine rings is 1. The summed E-state index contributed by atoms with van der Waals surface area (Å²) in [5.41, 5.74) is 1.16. The van der Waals surface area contributed by atoms with Gasteiger partial charge in [-0.15, -0.1) is 0 Å². The Morgan fingerprint density at radius 2 is 2.29 bits per heavy atom. The lowest BCUT2D eigenvalue weighted by atomic mass is 10.2. The fourth-order valence-electron chi connectivity index (χ4n) is 1.87. The van der Waals surface area contributed by atoms with E-state index in [2.05, 4.69) is 22.2 Å². The van der Waals surface area contributed by atoms with E-state index < -0.39 is 0 Å². The number of aromatic nitrogens is 3. The molecule has 2 rings (SSSR count). The maximum atomic E-state index is 11.9. The number of nitrogens with zero attached hydrogens (tertiary/aromatic N) is 3. The molecule has 2 aromatic heterocycles. The zero-order valence-electron chi connectivity index (χ0n) is 12.0. The summed E-state index contributed by atoms with van der Waals surface area (Å²) in [5.74, 6) is -0.284. The standard InChI is InChI=1S/C15H18N4O2/c1-2-3-5-12-8-15(21)19(11-17-12)10-14(20)18-13-6-4-7-16-9-13/h4,6-9,11H,2-3,5,10H2,1H3,(H,18,20). The first kappa shape index (κ1) is 14.9. The average molecular weight is 286 g/mol. The lowest BCUT2D eigenvalue weighted by molar-refractivity contribution is -0.116. The molecule has 0 aliphatic carbocycles. The highest BCUT2D eigenvalue weighted by atomic mass is 16.2. The highest BCUT2D eigenvalue weighted by molar-refractivity contribution is 5.90. The van der Waals surface area contributed by atoms with Gasteiger partial charge in [0, 0.05) is 18.0 Å². The van der Waals surface area contributed by atoms with E-state index in [1.54, 1.807) is 24.5 Å². The number of carbonyl (C=O) groups excluding carboxylic acids is 1. The number of amides is 1. The number of anilines is 1. The molecule has 0 fully saturated rings. The van der Waals surface area contributed by atoms with Crippen LogP contribution in [0.3, 0.4) is 0 Å². The molecule has 0 saturated carbocycles. The molecule has 0 bridgehead atoms. The third-order valence-corrected chi connectivity index (χ3v) is 2.98. The van der Waals surface area contributed by atoms with Gasteiger partial charge in [0.2, 0.25) is 5.91 Å². The lowest BCUT2D eigenvalue weighted by Gasteiger charge is -2.07. The Balaban J connectivity index is 1.99. The first-order valence-electron chi connectivity index (χ1n) is 6.94. The van der Waals surface area contributed by atoms with Crippen molar-refractivity contribution >= 4 is 11.6 Å². The first-order chi connectivity index (χ1) is 10.2. The van der Waals surface area contributed by atoms with Crippen LogP contribution in [0.4, 0.5) is 5.69 Å². The van der Waals surface area contributed by atoms with Crippen molar-refractivity contribution < 1.29 is 4.79 Å². The largest absolute Gasteiger partial charge is 0.323 e. The molecule has 6 nitrogen and oxygen atoms in total. The summed E-state index contributed by atoms with van der Waals surface area (Å²) < 4.78 is 1.29. The Morgan fingerprint density at radius 1 is 1.43 bits per heavy atom. The summed E-state index contributed by atoms with van der Waals surface area (Å²) in [6, 6.07) is 4.96. The van der Waals surface area contributed by atoms with Crippen LogP contribution in [0.2, 0.25) is 0 Å². The Bertz CT molecular complexity index is 652. The summed E-state index contributed by atoms with van der Waals surface area (Å²) >= 11 is 0.